The van der Waals surface area contributed by atoms with Crippen LogP contribution in [-0.4, -0.2) is 43.5 Å². The van der Waals surface area contributed by atoms with Crippen molar-refractivity contribution in [2.75, 3.05) is 26.7 Å². The van der Waals surface area contributed by atoms with E-state index in [1.54, 1.807) is 6.07 Å². The summed E-state index contributed by atoms with van der Waals surface area (Å²) in [5.74, 6) is -0.269. The van der Waals surface area contributed by atoms with Crippen molar-refractivity contribution in [3.05, 3.63) is 34.6 Å². The van der Waals surface area contributed by atoms with E-state index in [1.165, 1.54) is 12.1 Å². The van der Waals surface area contributed by atoms with Crippen LogP contribution >= 0.6 is 36.4 Å². The second kappa shape index (κ2) is 11.9. The standard InChI is InChI=1S/C17H25ClFN3O.2ClH/c1-12(9-20-2)17(23)21-15-4-3-7-22(11-15)10-13-5-6-14(19)8-16(13)18;;/h5-6,8,12,15,20H,3-4,7,9-11H2,1-2H3,(H,21,23);2*1H. The molecule has 2 rings (SSSR count). The molecule has 1 amide bonds. The van der Waals surface area contributed by atoms with Crippen molar-refractivity contribution in [2.24, 2.45) is 5.92 Å². The zero-order valence-electron chi connectivity index (χ0n) is 14.6. The largest absolute Gasteiger partial charge is 0.352 e. The van der Waals surface area contributed by atoms with Crippen molar-refractivity contribution in [1.82, 2.24) is 15.5 Å². The van der Waals surface area contributed by atoms with Gasteiger partial charge in [-0.3, -0.25) is 9.69 Å². The molecule has 0 saturated carbocycles. The molecule has 1 aliphatic heterocycles. The summed E-state index contributed by atoms with van der Waals surface area (Å²) in [4.78, 5) is 14.4. The van der Waals surface area contributed by atoms with Gasteiger partial charge in [-0.25, -0.2) is 4.39 Å². The van der Waals surface area contributed by atoms with Crippen molar-refractivity contribution in [3.8, 4) is 0 Å². The van der Waals surface area contributed by atoms with Crippen molar-refractivity contribution in [3.63, 3.8) is 0 Å². The predicted molar refractivity (Wildman–Crippen MR) is 105 cm³/mol. The second-order valence-electron chi connectivity index (χ2n) is 6.28. The van der Waals surface area contributed by atoms with Gasteiger partial charge in [-0.1, -0.05) is 24.6 Å². The summed E-state index contributed by atoms with van der Waals surface area (Å²) in [5, 5.41) is 6.61. The minimum Gasteiger partial charge on any atom is -0.352 e. The van der Waals surface area contributed by atoms with Crippen LogP contribution in [-0.2, 0) is 11.3 Å². The Morgan fingerprint density at radius 2 is 2.16 bits per heavy atom. The Morgan fingerprint density at radius 3 is 2.80 bits per heavy atom. The number of rotatable bonds is 6. The minimum atomic E-state index is -0.318. The number of likely N-dealkylation sites (tertiary alicyclic amines) is 1. The van der Waals surface area contributed by atoms with Gasteiger partial charge in [0.05, 0.1) is 0 Å². The highest BCUT2D eigenvalue weighted by Crippen LogP contribution is 2.21. The van der Waals surface area contributed by atoms with Gasteiger partial charge in [-0.05, 0) is 44.1 Å². The van der Waals surface area contributed by atoms with Crippen LogP contribution < -0.4 is 10.6 Å². The number of hydrogen-bond donors (Lipinski definition) is 2. The van der Waals surface area contributed by atoms with E-state index < -0.39 is 0 Å². The SMILES string of the molecule is CNCC(C)C(=O)NC1CCCN(Cc2ccc(F)cc2Cl)C1.Cl.Cl. The van der Waals surface area contributed by atoms with Crippen molar-refractivity contribution in [2.45, 2.75) is 32.4 Å². The number of nitrogens with zero attached hydrogens (tertiary/aromatic N) is 1. The highest BCUT2D eigenvalue weighted by atomic mass is 35.5. The molecule has 2 atom stereocenters. The number of carbonyl (C=O) groups is 1. The number of amides is 1. The third kappa shape index (κ3) is 7.67. The van der Waals surface area contributed by atoms with E-state index in [0.717, 1.165) is 31.5 Å². The van der Waals surface area contributed by atoms with E-state index in [-0.39, 0.29) is 48.5 Å². The zero-order valence-corrected chi connectivity index (χ0v) is 16.9. The summed E-state index contributed by atoms with van der Waals surface area (Å²) >= 11 is 6.10. The van der Waals surface area contributed by atoms with Gasteiger partial charge in [0, 0.05) is 36.6 Å². The molecule has 1 heterocycles. The number of hydrogen-bond acceptors (Lipinski definition) is 3. The number of halogens is 4. The fourth-order valence-corrected chi connectivity index (χ4v) is 3.18. The molecule has 1 aromatic carbocycles. The zero-order chi connectivity index (χ0) is 16.8. The Labute approximate surface area is 166 Å². The fourth-order valence-electron chi connectivity index (χ4n) is 2.95. The van der Waals surface area contributed by atoms with Crippen LogP contribution in [0.4, 0.5) is 4.39 Å². The molecule has 1 fully saturated rings. The average Bonchev–Trinajstić information content (AvgIpc) is 2.51. The lowest BCUT2D eigenvalue weighted by atomic mass is 10.0. The number of nitrogens with one attached hydrogen (secondary N) is 2. The van der Waals surface area contributed by atoms with Crippen LogP contribution in [0.2, 0.25) is 5.02 Å². The third-order valence-corrected chi connectivity index (χ3v) is 4.57. The van der Waals surface area contributed by atoms with Gasteiger partial charge >= 0.3 is 0 Å². The molecule has 1 saturated heterocycles. The smallest absolute Gasteiger partial charge is 0.224 e. The molecule has 25 heavy (non-hydrogen) atoms. The van der Waals surface area contributed by atoms with E-state index in [0.29, 0.717) is 18.1 Å². The van der Waals surface area contributed by atoms with Crippen LogP contribution in [0, 0.1) is 11.7 Å². The van der Waals surface area contributed by atoms with Gasteiger partial charge in [-0.15, -0.1) is 24.8 Å². The summed E-state index contributed by atoms with van der Waals surface area (Å²) in [5.41, 5.74) is 0.920. The van der Waals surface area contributed by atoms with Crippen LogP contribution in [0.1, 0.15) is 25.3 Å². The first-order chi connectivity index (χ1) is 11.0. The third-order valence-electron chi connectivity index (χ3n) is 4.22. The average molecular weight is 415 g/mol. The monoisotopic (exact) mass is 413 g/mol. The molecule has 2 N–H and O–H groups in total. The van der Waals surface area contributed by atoms with Crippen molar-refractivity contribution >= 4 is 42.3 Å². The topological polar surface area (TPSA) is 44.4 Å². The number of piperidine rings is 1. The van der Waals surface area contributed by atoms with E-state index in [1.807, 2.05) is 14.0 Å². The van der Waals surface area contributed by atoms with Crippen LogP contribution in [0.5, 0.6) is 0 Å². The Kier molecular flexibility index (Phi) is 11.6. The quantitative estimate of drug-likeness (QED) is 0.751. The number of benzene rings is 1. The van der Waals surface area contributed by atoms with Crippen LogP contribution in [0.3, 0.4) is 0 Å². The molecule has 1 aliphatic rings. The molecule has 0 spiro atoms. The first-order valence-electron chi connectivity index (χ1n) is 8.11. The molecule has 0 aromatic heterocycles. The molecule has 144 valence electrons. The van der Waals surface area contributed by atoms with Gasteiger partial charge in [0.25, 0.3) is 0 Å². The molecule has 0 radical (unpaired) electrons. The summed E-state index contributed by atoms with van der Waals surface area (Å²) in [6, 6.07) is 4.67. The Morgan fingerprint density at radius 1 is 1.44 bits per heavy atom. The first-order valence-corrected chi connectivity index (χ1v) is 8.48. The van der Waals surface area contributed by atoms with Gasteiger partial charge in [0.2, 0.25) is 5.91 Å². The van der Waals surface area contributed by atoms with E-state index in [9.17, 15) is 9.18 Å². The maximum absolute atomic E-state index is 13.1. The van der Waals surface area contributed by atoms with Gasteiger partial charge in [0.1, 0.15) is 5.82 Å². The Hall–Kier alpha value is -0.590. The highest BCUT2D eigenvalue weighted by molar-refractivity contribution is 6.31. The Bertz CT molecular complexity index is 548. The molecule has 2 unspecified atom stereocenters. The van der Waals surface area contributed by atoms with Gasteiger partial charge in [-0.2, -0.15) is 0 Å². The second-order valence-corrected chi connectivity index (χ2v) is 6.68. The predicted octanol–water partition coefficient (Wildman–Crippen LogP) is 3.26. The summed E-state index contributed by atoms with van der Waals surface area (Å²) in [7, 11) is 1.85. The minimum absolute atomic E-state index is 0. The molecule has 0 aliphatic carbocycles. The maximum Gasteiger partial charge on any atom is 0.224 e. The molecular weight excluding hydrogens is 388 g/mol. The summed E-state index contributed by atoms with van der Waals surface area (Å²) < 4.78 is 13.1. The summed E-state index contributed by atoms with van der Waals surface area (Å²) in [6.07, 6.45) is 2.02. The van der Waals surface area contributed by atoms with Crippen molar-refractivity contribution in [1.29, 1.82) is 0 Å². The van der Waals surface area contributed by atoms with Gasteiger partial charge in [0.15, 0.2) is 0 Å². The van der Waals surface area contributed by atoms with E-state index in [4.69, 9.17) is 11.6 Å². The van der Waals surface area contributed by atoms with Crippen LogP contribution in [0.15, 0.2) is 18.2 Å². The lowest BCUT2D eigenvalue weighted by molar-refractivity contribution is -0.125. The van der Waals surface area contributed by atoms with Crippen LogP contribution in [0.25, 0.3) is 0 Å². The molecule has 1 aromatic rings. The highest BCUT2D eigenvalue weighted by Gasteiger charge is 2.23. The lowest BCUT2D eigenvalue weighted by Gasteiger charge is -2.33. The maximum atomic E-state index is 13.1. The fraction of sp³-hybridized carbons (Fsp3) is 0.588. The Balaban J connectivity index is 0.00000288. The molecule has 4 nitrogen and oxygen atoms in total. The van der Waals surface area contributed by atoms with Gasteiger partial charge < -0.3 is 10.6 Å². The molecule has 0 bridgehead atoms. The van der Waals surface area contributed by atoms with E-state index in [2.05, 4.69) is 15.5 Å². The lowest BCUT2D eigenvalue weighted by Crippen LogP contribution is -2.49. The van der Waals surface area contributed by atoms with Crippen molar-refractivity contribution < 1.29 is 9.18 Å². The number of carbonyl (C=O) groups excluding carboxylic acids is 1. The first kappa shape index (κ1) is 24.4. The molecular formula is C17H27Cl3FN3O. The van der Waals surface area contributed by atoms with E-state index >= 15 is 0 Å². The summed E-state index contributed by atoms with van der Waals surface area (Å²) in [6.45, 7) is 5.04. The molecule has 8 heteroatoms. The normalized spacial score (nSPS) is 18.6.